The van der Waals surface area contributed by atoms with Crippen LogP contribution in [0.15, 0.2) is 6.33 Å². The monoisotopic (exact) mass is 286 g/mol. The third-order valence-electron chi connectivity index (χ3n) is 2.83. The number of alkyl halides is 1. The molecule has 88 valence electrons. The number of amides is 1. The Balaban J connectivity index is 2.06. The first-order chi connectivity index (χ1) is 7.72. The van der Waals surface area contributed by atoms with Crippen molar-refractivity contribution in [1.29, 1.82) is 0 Å². The molecule has 1 aliphatic rings. The molecule has 2 heterocycles. The van der Waals surface area contributed by atoms with Crippen LogP contribution in [-0.2, 0) is 17.9 Å². The van der Waals surface area contributed by atoms with E-state index in [1.54, 1.807) is 6.33 Å². The van der Waals surface area contributed by atoms with E-state index in [9.17, 15) is 4.79 Å². The van der Waals surface area contributed by atoms with E-state index in [-0.39, 0.29) is 10.7 Å². The molecule has 1 aromatic heterocycles. The standard InChI is InChI=1S/C10H15BrN4O/c1-2-14-7-12-13-9(14)6-15-5-3-4-8(11)10(15)16/h7-8H,2-6H2,1H3. The van der Waals surface area contributed by atoms with Crippen LogP contribution in [0.2, 0.25) is 0 Å². The van der Waals surface area contributed by atoms with Crippen LogP contribution >= 0.6 is 15.9 Å². The Morgan fingerprint density at radius 2 is 2.44 bits per heavy atom. The summed E-state index contributed by atoms with van der Waals surface area (Å²) in [5.74, 6) is 1.02. The van der Waals surface area contributed by atoms with Gasteiger partial charge in [-0.25, -0.2) is 0 Å². The Hall–Kier alpha value is -0.910. The van der Waals surface area contributed by atoms with Crippen molar-refractivity contribution in [2.24, 2.45) is 0 Å². The third kappa shape index (κ3) is 2.26. The molecule has 1 fully saturated rings. The van der Waals surface area contributed by atoms with Crippen LogP contribution in [0.3, 0.4) is 0 Å². The molecule has 0 saturated carbocycles. The molecule has 0 radical (unpaired) electrons. The summed E-state index contributed by atoms with van der Waals surface area (Å²) in [6.45, 7) is 4.26. The highest BCUT2D eigenvalue weighted by Gasteiger charge is 2.27. The summed E-state index contributed by atoms with van der Waals surface area (Å²) in [6, 6.07) is 0. The molecule has 6 heteroatoms. The largest absolute Gasteiger partial charge is 0.334 e. The molecule has 1 aliphatic heterocycles. The first-order valence-electron chi connectivity index (χ1n) is 5.52. The Bertz CT molecular complexity index is 379. The van der Waals surface area contributed by atoms with Crippen molar-refractivity contribution >= 4 is 21.8 Å². The van der Waals surface area contributed by atoms with Crippen molar-refractivity contribution in [3.05, 3.63) is 12.2 Å². The maximum atomic E-state index is 11.9. The van der Waals surface area contributed by atoms with E-state index in [1.165, 1.54) is 0 Å². The molecule has 16 heavy (non-hydrogen) atoms. The quantitative estimate of drug-likeness (QED) is 0.785. The Labute approximate surface area is 103 Å². The van der Waals surface area contributed by atoms with Crippen LogP contribution in [0.25, 0.3) is 0 Å². The smallest absolute Gasteiger partial charge is 0.236 e. The molecular weight excluding hydrogens is 272 g/mol. The lowest BCUT2D eigenvalue weighted by Crippen LogP contribution is -2.41. The van der Waals surface area contributed by atoms with Crippen LogP contribution in [0.4, 0.5) is 0 Å². The van der Waals surface area contributed by atoms with Gasteiger partial charge in [-0.05, 0) is 19.8 Å². The molecule has 5 nitrogen and oxygen atoms in total. The highest BCUT2D eigenvalue weighted by molar-refractivity contribution is 9.10. The fourth-order valence-electron chi connectivity index (χ4n) is 1.89. The van der Waals surface area contributed by atoms with E-state index >= 15 is 0 Å². The minimum absolute atomic E-state index is 0.0285. The number of aromatic nitrogens is 3. The van der Waals surface area contributed by atoms with E-state index < -0.39 is 0 Å². The average Bonchev–Trinajstić information content (AvgIpc) is 2.72. The van der Waals surface area contributed by atoms with E-state index in [0.29, 0.717) is 6.54 Å². The molecule has 0 aromatic carbocycles. The van der Waals surface area contributed by atoms with Gasteiger partial charge in [0, 0.05) is 13.1 Å². The molecular formula is C10H15BrN4O. The van der Waals surface area contributed by atoms with Gasteiger partial charge in [-0.2, -0.15) is 0 Å². The van der Waals surface area contributed by atoms with E-state index in [1.807, 2.05) is 16.4 Å². The van der Waals surface area contributed by atoms with Gasteiger partial charge in [0.1, 0.15) is 6.33 Å². The van der Waals surface area contributed by atoms with Crippen LogP contribution in [-0.4, -0.2) is 36.9 Å². The lowest BCUT2D eigenvalue weighted by Gasteiger charge is -2.29. The van der Waals surface area contributed by atoms with Gasteiger partial charge in [-0.3, -0.25) is 4.79 Å². The molecule has 1 amide bonds. The van der Waals surface area contributed by atoms with Gasteiger partial charge >= 0.3 is 0 Å². The fraction of sp³-hybridized carbons (Fsp3) is 0.700. The van der Waals surface area contributed by atoms with Crippen molar-refractivity contribution < 1.29 is 4.79 Å². The maximum Gasteiger partial charge on any atom is 0.236 e. The lowest BCUT2D eigenvalue weighted by atomic mass is 10.1. The van der Waals surface area contributed by atoms with Crippen LogP contribution in [0.5, 0.6) is 0 Å². The summed E-state index contributed by atoms with van der Waals surface area (Å²) in [5, 5.41) is 7.91. The van der Waals surface area contributed by atoms with Gasteiger partial charge in [0.25, 0.3) is 0 Å². The van der Waals surface area contributed by atoms with Gasteiger partial charge < -0.3 is 9.47 Å². The van der Waals surface area contributed by atoms with Gasteiger partial charge in [0.05, 0.1) is 11.4 Å². The topological polar surface area (TPSA) is 51.0 Å². The number of aryl methyl sites for hydroxylation is 1. The second kappa shape index (κ2) is 4.95. The number of carbonyl (C=O) groups is 1. The van der Waals surface area contributed by atoms with Gasteiger partial charge in [-0.15, -0.1) is 10.2 Å². The Morgan fingerprint density at radius 3 is 3.19 bits per heavy atom. The van der Waals surface area contributed by atoms with Gasteiger partial charge in [-0.1, -0.05) is 15.9 Å². The molecule has 0 N–H and O–H groups in total. The number of carbonyl (C=O) groups excluding carboxylic acids is 1. The first kappa shape index (κ1) is 11.6. The highest BCUT2D eigenvalue weighted by atomic mass is 79.9. The lowest BCUT2D eigenvalue weighted by molar-refractivity contribution is -0.133. The van der Waals surface area contributed by atoms with Gasteiger partial charge in [0.2, 0.25) is 5.91 Å². The second-order valence-electron chi connectivity index (χ2n) is 3.90. The van der Waals surface area contributed by atoms with Crippen LogP contribution < -0.4 is 0 Å². The summed E-state index contributed by atoms with van der Waals surface area (Å²) in [6.07, 6.45) is 3.67. The average molecular weight is 287 g/mol. The SMILES string of the molecule is CCn1cnnc1CN1CCCC(Br)C1=O. The summed E-state index contributed by atoms with van der Waals surface area (Å²) in [5.41, 5.74) is 0. The van der Waals surface area contributed by atoms with Crippen molar-refractivity contribution in [1.82, 2.24) is 19.7 Å². The third-order valence-corrected chi connectivity index (χ3v) is 3.68. The number of hydrogen-bond donors (Lipinski definition) is 0. The molecule has 1 unspecified atom stereocenters. The van der Waals surface area contributed by atoms with Crippen molar-refractivity contribution in [2.75, 3.05) is 6.54 Å². The molecule has 0 spiro atoms. The van der Waals surface area contributed by atoms with Crippen LogP contribution in [0.1, 0.15) is 25.6 Å². The number of rotatable bonds is 3. The van der Waals surface area contributed by atoms with E-state index in [0.717, 1.165) is 31.8 Å². The minimum Gasteiger partial charge on any atom is -0.334 e. The number of likely N-dealkylation sites (tertiary alicyclic amines) is 1. The van der Waals surface area contributed by atoms with E-state index in [2.05, 4.69) is 26.1 Å². The molecule has 0 aliphatic carbocycles. The van der Waals surface area contributed by atoms with Crippen molar-refractivity contribution in [3.8, 4) is 0 Å². The normalized spacial score (nSPS) is 21.5. The Kier molecular flexibility index (Phi) is 3.58. The first-order valence-corrected chi connectivity index (χ1v) is 6.43. The highest BCUT2D eigenvalue weighted by Crippen LogP contribution is 2.19. The molecule has 0 bridgehead atoms. The second-order valence-corrected chi connectivity index (χ2v) is 5.01. The maximum absolute atomic E-state index is 11.9. The minimum atomic E-state index is -0.0285. The van der Waals surface area contributed by atoms with Crippen LogP contribution in [0, 0.1) is 0 Å². The zero-order valence-electron chi connectivity index (χ0n) is 9.27. The van der Waals surface area contributed by atoms with Crippen molar-refractivity contribution in [3.63, 3.8) is 0 Å². The molecule has 1 aromatic rings. The zero-order chi connectivity index (χ0) is 11.5. The summed E-state index contributed by atoms with van der Waals surface area (Å²) < 4.78 is 1.96. The predicted molar refractivity (Wildman–Crippen MR) is 63.1 cm³/mol. The number of piperidine rings is 1. The molecule has 1 saturated heterocycles. The summed E-state index contributed by atoms with van der Waals surface area (Å²) >= 11 is 3.40. The number of nitrogens with zero attached hydrogens (tertiary/aromatic N) is 4. The van der Waals surface area contributed by atoms with Gasteiger partial charge in [0.15, 0.2) is 5.82 Å². The summed E-state index contributed by atoms with van der Waals surface area (Å²) in [4.78, 5) is 13.7. The molecule has 2 rings (SSSR count). The zero-order valence-corrected chi connectivity index (χ0v) is 10.9. The predicted octanol–water partition coefficient (Wildman–Crippen LogP) is 1.18. The summed E-state index contributed by atoms with van der Waals surface area (Å²) in [7, 11) is 0. The Morgan fingerprint density at radius 1 is 1.62 bits per heavy atom. The number of hydrogen-bond acceptors (Lipinski definition) is 3. The van der Waals surface area contributed by atoms with Crippen molar-refractivity contribution in [2.45, 2.75) is 37.7 Å². The fourth-order valence-corrected chi connectivity index (χ4v) is 2.50. The number of halogens is 1. The molecule has 1 atom stereocenters. The van der Waals surface area contributed by atoms with E-state index in [4.69, 9.17) is 0 Å².